The Morgan fingerprint density at radius 1 is 1.47 bits per heavy atom. The van der Waals surface area contributed by atoms with Crippen molar-refractivity contribution in [3.8, 4) is 0 Å². The molecule has 0 aliphatic carbocycles. The molecule has 82 valence electrons. The molecule has 15 heavy (non-hydrogen) atoms. The van der Waals surface area contributed by atoms with Gasteiger partial charge in [0.05, 0.1) is 4.99 Å². The molecule has 0 unspecified atom stereocenters. The van der Waals surface area contributed by atoms with Crippen LogP contribution in [-0.4, -0.2) is 24.1 Å². The van der Waals surface area contributed by atoms with E-state index in [0.717, 1.165) is 5.56 Å². The van der Waals surface area contributed by atoms with E-state index < -0.39 is 10.0 Å². The standard InChI is InChI=1S/C8H11N3O2S2/c9-8(14)6-15(12,13)11-5-7-1-3-10-4-2-7/h1-4,11H,5-6H2,(H2,9,14). The molecule has 0 saturated carbocycles. The summed E-state index contributed by atoms with van der Waals surface area (Å²) in [5, 5.41) is 0. The maximum Gasteiger partial charge on any atom is 0.218 e. The van der Waals surface area contributed by atoms with Crippen LogP contribution < -0.4 is 10.5 Å². The molecular formula is C8H11N3O2S2. The van der Waals surface area contributed by atoms with Crippen LogP contribution in [0.15, 0.2) is 24.5 Å². The second kappa shape index (κ2) is 5.15. The minimum Gasteiger partial charge on any atom is -0.392 e. The van der Waals surface area contributed by atoms with Gasteiger partial charge in [-0.1, -0.05) is 12.2 Å². The third-order valence-corrected chi connectivity index (χ3v) is 3.18. The first-order valence-electron chi connectivity index (χ1n) is 4.14. The minimum atomic E-state index is -3.42. The summed E-state index contributed by atoms with van der Waals surface area (Å²) in [5.41, 5.74) is 5.98. The summed E-state index contributed by atoms with van der Waals surface area (Å²) in [6.45, 7) is 0.216. The van der Waals surface area contributed by atoms with Crippen LogP contribution in [0.25, 0.3) is 0 Å². The Kier molecular flexibility index (Phi) is 4.13. The number of nitrogens with one attached hydrogen (secondary N) is 1. The van der Waals surface area contributed by atoms with E-state index in [0.29, 0.717) is 0 Å². The van der Waals surface area contributed by atoms with Crippen molar-refractivity contribution in [3.05, 3.63) is 30.1 Å². The third-order valence-electron chi connectivity index (χ3n) is 1.58. The molecule has 0 atom stereocenters. The minimum absolute atomic E-state index is 0.0442. The molecule has 0 aliphatic heterocycles. The Balaban J connectivity index is 2.54. The molecule has 0 spiro atoms. The lowest BCUT2D eigenvalue weighted by atomic mass is 10.3. The average molecular weight is 245 g/mol. The fraction of sp³-hybridized carbons (Fsp3) is 0.250. The molecule has 0 radical (unpaired) electrons. The van der Waals surface area contributed by atoms with Gasteiger partial charge in [0.15, 0.2) is 0 Å². The smallest absolute Gasteiger partial charge is 0.218 e. The molecule has 0 aromatic carbocycles. The molecule has 3 N–H and O–H groups in total. The van der Waals surface area contributed by atoms with Crippen LogP contribution in [0.1, 0.15) is 5.56 Å². The number of nitrogens with zero attached hydrogens (tertiary/aromatic N) is 1. The van der Waals surface area contributed by atoms with Gasteiger partial charge in [-0.3, -0.25) is 4.98 Å². The van der Waals surface area contributed by atoms with Gasteiger partial charge >= 0.3 is 0 Å². The van der Waals surface area contributed by atoms with Gasteiger partial charge in [-0.15, -0.1) is 0 Å². The second-order valence-electron chi connectivity index (χ2n) is 2.90. The molecule has 0 fully saturated rings. The molecule has 5 nitrogen and oxygen atoms in total. The molecule has 0 saturated heterocycles. The van der Waals surface area contributed by atoms with E-state index in [9.17, 15) is 8.42 Å². The van der Waals surface area contributed by atoms with E-state index in [1.165, 1.54) is 0 Å². The van der Waals surface area contributed by atoms with E-state index >= 15 is 0 Å². The number of nitrogens with two attached hydrogens (primary N) is 1. The molecule has 7 heteroatoms. The van der Waals surface area contributed by atoms with Crippen LogP contribution >= 0.6 is 12.2 Å². The zero-order valence-electron chi connectivity index (χ0n) is 7.88. The van der Waals surface area contributed by atoms with E-state index in [2.05, 4.69) is 21.9 Å². The molecule has 1 rings (SSSR count). The van der Waals surface area contributed by atoms with Gasteiger partial charge in [-0.05, 0) is 17.7 Å². The summed E-state index contributed by atoms with van der Waals surface area (Å²) in [5.74, 6) is -0.326. The second-order valence-corrected chi connectivity index (χ2v) is 5.23. The van der Waals surface area contributed by atoms with Crippen LogP contribution in [0.2, 0.25) is 0 Å². The van der Waals surface area contributed by atoms with Crippen molar-refractivity contribution in [3.63, 3.8) is 0 Å². The van der Waals surface area contributed by atoms with Gasteiger partial charge in [-0.25, -0.2) is 13.1 Å². The maximum absolute atomic E-state index is 11.3. The molecule has 1 aromatic heterocycles. The Labute approximate surface area is 93.8 Å². The van der Waals surface area contributed by atoms with Crippen LogP contribution in [-0.2, 0) is 16.6 Å². The van der Waals surface area contributed by atoms with Crippen molar-refractivity contribution in [1.82, 2.24) is 9.71 Å². The third kappa shape index (κ3) is 4.82. The number of rotatable bonds is 5. The average Bonchev–Trinajstić information content (AvgIpc) is 2.15. The number of pyridine rings is 1. The van der Waals surface area contributed by atoms with Gasteiger partial charge in [0.2, 0.25) is 10.0 Å². The maximum atomic E-state index is 11.3. The van der Waals surface area contributed by atoms with Crippen molar-refractivity contribution in [2.45, 2.75) is 6.54 Å². The summed E-state index contributed by atoms with van der Waals surface area (Å²) >= 11 is 4.52. The molecule has 1 heterocycles. The Bertz CT molecular complexity index is 430. The first-order chi connectivity index (χ1) is 6.99. The van der Waals surface area contributed by atoms with E-state index in [4.69, 9.17) is 5.73 Å². The van der Waals surface area contributed by atoms with Crippen molar-refractivity contribution in [2.75, 3.05) is 5.75 Å². The zero-order valence-corrected chi connectivity index (χ0v) is 9.51. The highest BCUT2D eigenvalue weighted by Gasteiger charge is 2.10. The fourth-order valence-electron chi connectivity index (χ4n) is 0.932. The molecular weight excluding hydrogens is 234 g/mol. The molecule has 1 aromatic rings. The summed E-state index contributed by atoms with van der Waals surface area (Å²) < 4.78 is 25.0. The molecule has 0 aliphatic rings. The van der Waals surface area contributed by atoms with Gasteiger partial charge < -0.3 is 5.73 Å². The van der Waals surface area contributed by atoms with Crippen molar-refractivity contribution >= 4 is 27.2 Å². The van der Waals surface area contributed by atoms with Crippen LogP contribution in [0.5, 0.6) is 0 Å². The van der Waals surface area contributed by atoms with Gasteiger partial charge in [-0.2, -0.15) is 0 Å². The van der Waals surface area contributed by atoms with E-state index in [1.54, 1.807) is 24.5 Å². The quantitative estimate of drug-likeness (QED) is 0.701. The van der Waals surface area contributed by atoms with Gasteiger partial charge in [0, 0.05) is 18.9 Å². The summed E-state index contributed by atoms with van der Waals surface area (Å²) in [7, 11) is -3.42. The molecule has 0 bridgehead atoms. The highest BCUT2D eigenvalue weighted by atomic mass is 32.2. The SMILES string of the molecule is NC(=S)CS(=O)(=O)NCc1ccncc1. The van der Waals surface area contributed by atoms with Crippen molar-refractivity contribution in [2.24, 2.45) is 5.73 Å². The zero-order chi connectivity index (χ0) is 11.3. The number of hydrogen-bond acceptors (Lipinski definition) is 4. The molecule has 0 amide bonds. The first kappa shape index (κ1) is 12.0. The van der Waals surface area contributed by atoms with E-state index in [1.807, 2.05) is 0 Å². The normalized spacial score (nSPS) is 11.2. The lowest BCUT2D eigenvalue weighted by Gasteiger charge is -2.05. The lowest BCUT2D eigenvalue weighted by Crippen LogP contribution is -2.31. The lowest BCUT2D eigenvalue weighted by molar-refractivity contribution is 0.585. The monoisotopic (exact) mass is 245 g/mol. The predicted molar refractivity (Wildman–Crippen MR) is 61.6 cm³/mol. The predicted octanol–water partition coefficient (Wildman–Crippen LogP) is -0.213. The number of thiocarbonyl (C=S) groups is 1. The largest absolute Gasteiger partial charge is 0.392 e. The van der Waals surface area contributed by atoms with E-state index in [-0.39, 0.29) is 17.3 Å². The summed E-state index contributed by atoms with van der Waals surface area (Å²) in [6, 6.07) is 3.45. The number of aromatic nitrogens is 1. The van der Waals surface area contributed by atoms with Crippen LogP contribution in [0.4, 0.5) is 0 Å². The van der Waals surface area contributed by atoms with Crippen LogP contribution in [0.3, 0.4) is 0 Å². The highest BCUT2D eigenvalue weighted by molar-refractivity contribution is 7.92. The first-order valence-corrected chi connectivity index (χ1v) is 6.20. The number of sulfonamides is 1. The Morgan fingerprint density at radius 2 is 2.07 bits per heavy atom. The van der Waals surface area contributed by atoms with Crippen molar-refractivity contribution in [1.29, 1.82) is 0 Å². The van der Waals surface area contributed by atoms with Crippen molar-refractivity contribution < 1.29 is 8.42 Å². The Hall–Kier alpha value is -1.05. The topological polar surface area (TPSA) is 85.1 Å². The van der Waals surface area contributed by atoms with Crippen LogP contribution in [0, 0.1) is 0 Å². The Morgan fingerprint density at radius 3 is 2.60 bits per heavy atom. The number of hydrogen-bond donors (Lipinski definition) is 2. The summed E-state index contributed by atoms with van der Waals surface area (Å²) in [4.78, 5) is 3.78. The van der Waals surface area contributed by atoms with Gasteiger partial charge in [0.1, 0.15) is 5.75 Å². The van der Waals surface area contributed by atoms with Gasteiger partial charge in [0.25, 0.3) is 0 Å². The summed E-state index contributed by atoms with van der Waals surface area (Å²) in [6.07, 6.45) is 3.19. The highest BCUT2D eigenvalue weighted by Crippen LogP contribution is 1.96. The fourth-order valence-corrected chi connectivity index (χ4v) is 2.26.